The van der Waals surface area contributed by atoms with Gasteiger partial charge in [0.25, 0.3) is 5.91 Å². The highest BCUT2D eigenvalue weighted by molar-refractivity contribution is 5.96. The van der Waals surface area contributed by atoms with Crippen molar-refractivity contribution in [3.63, 3.8) is 0 Å². The summed E-state index contributed by atoms with van der Waals surface area (Å²) in [5, 5.41) is 24.9. The van der Waals surface area contributed by atoms with Crippen LogP contribution in [0.5, 0.6) is 0 Å². The SMILES string of the molecule is CCc1noc(C)c1C(=O)NC1CC(c2nnc(CO)n2C2CC2)C1. The Morgan fingerprint density at radius 3 is 2.76 bits per heavy atom. The molecular formula is C17H23N5O3. The fourth-order valence-electron chi connectivity index (χ4n) is 3.61. The fraction of sp³-hybridized carbons (Fsp3) is 0.647. The van der Waals surface area contributed by atoms with E-state index in [1.807, 2.05) is 6.92 Å². The third-order valence-electron chi connectivity index (χ3n) is 5.18. The van der Waals surface area contributed by atoms with E-state index in [1.54, 1.807) is 6.92 Å². The van der Waals surface area contributed by atoms with Crippen LogP contribution in [0.2, 0.25) is 0 Å². The van der Waals surface area contributed by atoms with Gasteiger partial charge in [0.1, 0.15) is 23.8 Å². The predicted molar refractivity (Wildman–Crippen MR) is 88.1 cm³/mol. The Morgan fingerprint density at radius 2 is 2.12 bits per heavy atom. The molecule has 0 unspecified atom stereocenters. The van der Waals surface area contributed by atoms with E-state index in [0.29, 0.717) is 35.3 Å². The first kappa shape index (κ1) is 16.3. The van der Waals surface area contributed by atoms with E-state index in [-0.39, 0.29) is 24.5 Å². The number of aryl methyl sites for hydroxylation is 2. The Bertz CT molecular complexity index is 786. The summed E-state index contributed by atoms with van der Waals surface area (Å²) in [5.41, 5.74) is 1.27. The van der Waals surface area contributed by atoms with Crippen LogP contribution in [0.15, 0.2) is 4.52 Å². The first-order chi connectivity index (χ1) is 12.1. The predicted octanol–water partition coefficient (Wildman–Crippen LogP) is 1.64. The summed E-state index contributed by atoms with van der Waals surface area (Å²) >= 11 is 0. The topological polar surface area (TPSA) is 106 Å². The molecular weight excluding hydrogens is 322 g/mol. The van der Waals surface area contributed by atoms with Crippen LogP contribution >= 0.6 is 0 Å². The molecule has 8 nitrogen and oxygen atoms in total. The third-order valence-corrected chi connectivity index (χ3v) is 5.18. The molecule has 0 spiro atoms. The zero-order valence-electron chi connectivity index (χ0n) is 14.5. The molecule has 134 valence electrons. The maximum Gasteiger partial charge on any atom is 0.257 e. The first-order valence-electron chi connectivity index (χ1n) is 8.92. The summed E-state index contributed by atoms with van der Waals surface area (Å²) in [4.78, 5) is 12.5. The summed E-state index contributed by atoms with van der Waals surface area (Å²) in [6, 6.07) is 0.561. The number of amides is 1. The second-order valence-corrected chi connectivity index (χ2v) is 6.99. The average Bonchev–Trinajstić information content (AvgIpc) is 3.21. The van der Waals surface area contributed by atoms with Gasteiger partial charge >= 0.3 is 0 Å². The van der Waals surface area contributed by atoms with Crippen LogP contribution in [-0.4, -0.2) is 37.0 Å². The zero-order chi connectivity index (χ0) is 17.6. The number of aromatic nitrogens is 4. The van der Waals surface area contributed by atoms with Crippen LogP contribution in [-0.2, 0) is 13.0 Å². The quantitative estimate of drug-likeness (QED) is 0.824. The number of nitrogens with zero attached hydrogens (tertiary/aromatic N) is 4. The average molecular weight is 345 g/mol. The van der Waals surface area contributed by atoms with Gasteiger partial charge < -0.3 is 19.5 Å². The molecule has 2 aromatic heterocycles. The normalized spacial score (nSPS) is 22.7. The summed E-state index contributed by atoms with van der Waals surface area (Å²) < 4.78 is 7.24. The smallest absolute Gasteiger partial charge is 0.257 e. The molecule has 0 saturated heterocycles. The van der Waals surface area contributed by atoms with Crippen LogP contribution in [0.25, 0.3) is 0 Å². The molecule has 1 amide bonds. The van der Waals surface area contributed by atoms with E-state index in [4.69, 9.17) is 4.52 Å². The first-order valence-corrected chi connectivity index (χ1v) is 8.92. The molecule has 4 rings (SSSR count). The number of aliphatic hydroxyl groups excluding tert-OH is 1. The largest absolute Gasteiger partial charge is 0.388 e. The van der Waals surface area contributed by atoms with E-state index < -0.39 is 0 Å². The zero-order valence-corrected chi connectivity index (χ0v) is 14.5. The molecule has 2 aliphatic carbocycles. The van der Waals surface area contributed by atoms with Crippen LogP contribution in [0.3, 0.4) is 0 Å². The molecule has 0 aliphatic heterocycles. The summed E-state index contributed by atoms with van der Waals surface area (Å²) in [7, 11) is 0. The molecule has 0 bridgehead atoms. The van der Waals surface area contributed by atoms with Crippen LogP contribution in [0.4, 0.5) is 0 Å². The second-order valence-electron chi connectivity index (χ2n) is 6.99. The Balaban J connectivity index is 1.40. The molecule has 2 saturated carbocycles. The van der Waals surface area contributed by atoms with Gasteiger partial charge in [-0.1, -0.05) is 12.1 Å². The monoisotopic (exact) mass is 345 g/mol. The maximum absolute atomic E-state index is 12.5. The van der Waals surface area contributed by atoms with Gasteiger partial charge in [0.2, 0.25) is 0 Å². The van der Waals surface area contributed by atoms with Crippen molar-refractivity contribution in [1.82, 2.24) is 25.2 Å². The lowest BCUT2D eigenvalue weighted by Gasteiger charge is -2.35. The molecule has 0 aromatic carbocycles. The van der Waals surface area contributed by atoms with Crippen molar-refractivity contribution in [2.24, 2.45) is 0 Å². The highest BCUT2D eigenvalue weighted by Gasteiger charge is 2.39. The van der Waals surface area contributed by atoms with Crippen molar-refractivity contribution >= 4 is 5.91 Å². The molecule has 2 fully saturated rings. The van der Waals surface area contributed by atoms with Gasteiger partial charge in [-0.25, -0.2) is 0 Å². The van der Waals surface area contributed by atoms with E-state index in [1.165, 1.54) is 0 Å². The van der Waals surface area contributed by atoms with Gasteiger partial charge in [0, 0.05) is 18.0 Å². The Labute approximate surface area is 145 Å². The minimum atomic E-state index is -0.112. The standard InChI is InChI=1S/C17H23N5O3/c1-3-13-15(9(2)25-21-13)17(24)18-11-6-10(7-11)16-20-19-14(8-23)22(16)12-4-5-12/h10-12,23H,3-8H2,1-2H3,(H,18,24). The number of hydrogen-bond donors (Lipinski definition) is 2. The van der Waals surface area contributed by atoms with Gasteiger partial charge in [0.05, 0.1) is 5.69 Å². The summed E-state index contributed by atoms with van der Waals surface area (Å²) in [6.07, 6.45) is 4.60. The van der Waals surface area contributed by atoms with Crippen molar-refractivity contribution in [2.75, 3.05) is 0 Å². The highest BCUT2D eigenvalue weighted by atomic mass is 16.5. The number of aliphatic hydroxyl groups is 1. The highest BCUT2D eigenvalue weighted by Crippen LogP contribution is 2.42. The molecule has 2 N–H and O–H groups in total. The number of nitrogens with one attached hydrogen (secondary N) is 1. The second kappa shape index (κ2) is 6.25. The van der Waals surface area contributed by atoms with Crippen LogP contribution in [0, 0.1) is 6.92 Å². The lowest BCUT2D eigenvalue weighted by atomic mass is 9.79. The van der Waals surface area contributed by atoms with E-state index in [2.05, 4.69) is 25.2 Å². The number of carbonyl (C=O) groups excluding carboxylic acids is 1. The summed E-state index contributed by atoms with van der Waals surface area (Å²) in [6.45, 7) is 3.64. The van der Waals surface area contributed by atoms with Gasteiger partial charge in [-0.3, -0.25) is 4.79 Å². The lowest BCUT2D eigenvalue weighted by molar-refractivity contribution is 0.0904. The Hall–Kier alpha value is -2.22. The Kier molecular flexibility index (Phi) is 4.07. The molecule has 2 heterocycles. The van der Waals surface area contributed by atoms with Gasteiger partial charge in [-0.05, 0) is 39.0 Å². The van der Waals surface area contributed by atoms with Gasteiger partial charge in [0.15, 0.2) is 5.82 Å². The number of rotatable bonds is 6. The van der Waals surface area contributed by atoms with Gasteiger partial charge in [-0.15, -0.1) is 10.2 Å². The van der Waals surface area contributed by atoms with E-state index >= 15 is 0 Å². The molecule has 2 aliphatic rings. The summed E-state index contributed by atoms with van der Waals surface area (Å²) in [5.74, 6) is 2.34. The molecule has 0 radical (unpaired) electrons. The fourth-order valence-corrected chi connectivity index (χ4v) is 3.61. The molecule has 25 heavy (non-hydrogen) atoms. The Morgan fingerprint density at radius 1 is 1.36 bits per heavy atom. The van der Waals surface area contributed by atoms with Crippen molar-refractivity contribution in [3.05, 3.63) is 28.7 Å². The van der Waals surface area contributed by atoms with Crippen molar-refractivity contribution < 1.29 is 14.4 Å². The van der Waals surface area contributed by atoms with Crippen molar-refractivity contribution in [1.29, 1.82) is 0 Å². The molecule has 8 heteroatoms. The van der Waals surface area contributed by atoms with Crippen LogP contribution in [0.1, 0.15) is 78.0 Å². The minimum Gasteiger partial charge on any atom is -0.388 e. The maximum atomic E-state index is 12.5. The van der Waals surface area contributed by atoms with E-state index in [9.17, 15) is 9.90 Å². The van der Waals surface area contributed by atoms with Crippen molar-refractivity contribution in [3.8, 4) is 0 Å². The molecule has 0 atom stereocenters. The van der Waals surface area contributed by atoms with Gasteiger partial charge in [-0.2, -0.15) is 0 Å². The number of carbonyl (C=O) groups is 1. The minimum absolute atomic E-state index is 0.0804. The lowest BCUT2D eigenvalue weighted by Crippen LogP contribution is -2.44. The number of hydrogen-bond acceptors (Lipinski definition) is 6. The van der Waals surface area contributed by atoms with E-state index in [0.717, 1.165) is 31.5 Å². The van der Waals surface area contributed by atoms with Crippen molar-refractivity contribution in [2.45, 2.75) is 70.6 Å². The molecule has 2 aromatic rings. The van der Waals surface area contributed by atoms with Crippen LogP contribution < -0.4 is 5.32 Å². The third kappa shape index (κ3) is 2.84.